The van der Waals surface area contributed by atoms with Gasteiger partial charge in [0.25, 0.3) is 0 Å². The van der Waals surface area contributed by atoms with Gasteiger partial charge in [0.05, 0.1) is 40.7 Å². The second-order valence-electron chi connectivity index (χ2n) is 10.1. The number of rotatable bonds is 6. The van der Waals surface area contributed by atoms with Crippen LogP contribution in [0.1, 0.15) is 50.1 Å². The Balaban J connectivity index is 1.49. The Morgan fingerprint density at radius 1 is 1.15 bits per heavy atom. The van der Waals surface area contributed by atoms with E-state index >= 15 is 0 Å². The third kappa shape index (κ3) is 5.71. The summed E-state index contributed by atoms with van der Waals surface area (Å²) in [4.78, 5) is 39.5. The van der Waals surface area contributed by atoms with Crippen LogP contribution in [-0.2, 0) is 9.53 Å². The first kappa shape index (κ1) is 27.7. The van der Waals surface area contributed by atoms with Gasteiger partial charge in [-0.1, -0.05) is 23.2 Å². The van der Waals surface area contributed by atoms with Crippen LogP contribution < -0.4 is 16.4 Å². The average molecular weight is 586 g/mol. The monoisotopic (exact) mass is 585 g/mol. The molecule has 12 nitrogen and oxygen atoms in total. The van der Waals surface area contributed by atoms with Crippen LogP contribution in [0.5, 0.6) is 0 Å². The van der Waals surface area contributed by atoms with Crippen LogP contribution in [0, 0.1) is 17.2 Å². The number of ether oxygens (including phenoxy) is 1. The first-order valence-electron chi connectivity index (χ1n) is 13.1. The van der Waals surface area contributed by atoms with Gasteiger partial charge in [-0.25, -0.2) is 14.8 Å². The predicted octanol–water partition coefficient (Wildman–Crippen LogP) is 4.61. The summed E-state index contributed by atoms with van der Waals surface area (Å²) in [5, 5.41) is 16.4. The number of likely N-dealkylation sites (tertiary alicyclic amines) is 1. The summed E-state index contributed by atoms with van der Waals surface area (Å²) in [6.07, 6.45) is 5.67. The van der Waals surface area contributed by atoms with Gasteiger partial charge in [0.2, 0.25) is 17.8 Å². The second-order valence-corrected chi connectivity index (χ2v) is 10.9. The van der Waals surface area contributed by atoms with Gasteiger partial charge in [-0.15, -0.1) is 0 Å². The van der Waals surface area contributed by atoms with Gasteiger partial charge in [-0.05, 0) is 50.7 Å². The summed E-state index contributed by atoms with van der Waals surface area (Å²) >= 11 is 12.9. The van der Waals surface area contributed by atoms with Gasteiger partial charge in [0, 0.05) is 31.1 Å². The lowest BCUT2D eigenvalue weighted by molar-refractivity contribution is -0.122. The SMILES string of the molecule is COC(=O)N1CCC[C@@H](Nc2ncc3nc(Nc4c(Cl)cc(C#N)cc4Cl)n([C@H]4CC[C@H](C(N)=O)CC4)c3n2)C1. The molecule has 0 radical (unpaired) electrons. The molecule has 1 aliphatic heterocycles. The van der Waals surface area contributed by atoms with Crippen molar-refractivity contribution in [3.05, 3.63) is 33.9 Å². The van der Waals surface area contributed by atoms with E-state index in [-0.39, 0.29) is 40.0 Å². The van der Waals surface area contributed by atoms with E-state index in [1.54, 1.807) is 11.1 Å². The zero-order chi connectivity index (χ0) is 28.4. The molecule has 3 heterocycles. The Kier molecular flexibility index (Phi) is 8.14. The van der Waals surface area contributed by atoms with Crippen LogP contribution in [-0.4, -0.2) is 62.7 Å². The molecule has 2 amide bonds. The van der Waals surface area contributed by atoms with Crippen molar-refractivity contribution < 1.29 is 14.3 Å². The molecule has 1 aromatic carbocycles. The van der Waals surface area contributed by atoms with E-state index in [0.717, 1.165) is 12.8 Å². The molecule has 1 aliphatic carbocycles. The van der Waals surface area contributed by atoms with Gasteiger partial charge < -0.3 is 26.0 Å². The third-order valence-corrected chi connectivity index (χ3v) is 8.09. The molecule has 5 rings (SSSR count). The number of hydrogen-bond acceptors (Lipinski definition) is 9. The number of carbonyl (C=O) groups excluding carboxylic acids is 2. The van der Waals surface area contributed by atoms with Crippen molar-refractivity contribution >= 4 is 64.0 Å². The van der Waals surface area contributed by atoms with E-state index in [0.29, 0.717) is 73.1 Å². The lowest BCUT2D eigenvalue weighted by Crippen LogP contribution is -2.45. The molecular weight excluding hydrogens is 557 g/mol. The number of anilines is 3. The second kappa shape index (κ2) is 11.7. The quantitative estimate of drug-likeness (QED) is 0.374. The fourth-order valence-electron chi connectivity index (χ4n) is 5.45. The van der Waals surface area contributed by atoms with Crippen LogP contribution in [0.25, 0.3) is 11.2 Å². The number of methoxy groups -OCH3 is 1. The van der Waals surface area contributed by atoms with Crippen molar-refractivity contribution in [3.63, 3.8) is 0 Å². The lowest BCUT2D eigenvalue weighted by Gasteiger charge is -2.32. The summed E-state index contributed by atoms with van der Waals surface area (Å²) in [7, 11) is 1.37. The number of imidazole rings is 1. The minimum absolute atomic E-state index is 0.0220. The molecule has 0 bridgehead atoms. The molecule has 1 atom stereocenters. The Bertz CT molecular complexity index is 1460. The van der Waals surface area contributed by atoms with Crippen molar-refractivity contribution in [2.45, 2.75) is 50.6 Å². The van der Waals surface area contributed by atoms with Crippen LogP contribution in [0.2, 0.25) is 10.0 Å². The highest BCUT2D eigenvalue weighted by Gasteiger charge is 2.30. The predicted molar refractivity (Wildman–Crippen MR) is 151 cm³/mol. The largest absolute Gasteiger partial charge is 0.453 e. The number of nitriles is 1. The molecular formula is C26H29Cl2N9O3. The number of nitrogens with zero attached hydrogens (tertiary/aromatic N) is 6. The molecule has 0 spiro atoms. The smallest absolute Gasteiger partial charge is 0.409 e. The van der Waals surface area contributed by atoms with Crippen LogP contribution in [0.4, 0.5) is 22.4 Å². The normalized spacial score (nSPS) is 21.1. The molecule has 0 unspecified atom stereocenters. The summed E-state index contributed by atoms with van der Waals surface area (Å²) in [6.45, 7) is 1.12. The van der Waals surface area contributed by atoms with E-state index in [9.17, 15) is 14.9 Å². The maximum atomic E-state index is 12.0. The number of nitrogens with one attached hydrogen (secondary N) is 2. The highest BCUT2D eigenvalue weighted by molar-refractivity contribution is 6.39. The number of nitrogens with two attached hydrogens (primary N) is 1. The van der Waals surface area contributed by atoms with E-state index in [1.165, 1.54) is 19.2 Å². The zero-order valence-corrected chi connectivity index (χ0v) is 23.4. The zero-order valence-electron chi connectivity index (χ0n) is 21.9. The average Bonchev–Trinajstić information content (AvgIpc) is 3.31. The van der Waals surface area contributed by atoms with Crippen LogP contribution in [0.15, 0.2) is 18.3 Å². The molecule has 4 N–H and O–H groups in total. The van der Waals surface area contributed by atoms with E-state index in [4.69, 9.17) is 43.6 Å². The lowest BCUT2D eigenvalue weighted by atomic mass is 9.85. The number of primary amides is 1. The van der Waals surface area contributed by atoms with E-state index in [1.807, 2.05) is 10.6 Å². The number of fused-ring (bicyclic) bond motifs is 1. The number of aromatic nitrogens is 4. The van der Waals surface area contributed by atoms with E-state index < -0.39 is 0 Å². The Morgan fingerprint density at radius 2 is 1.88 bits per heavy atom. The molecule has 1 saturated carbocycles. The minimum Gasteiger partial charge on any atom is -0.453 e. The van der Waals surface area contributed by atoms with Crippen LogP contribution in [0.3, 0.4) is 0 Å². The number of amides is 2. The first-order chi connectivity index (χ1) is 19.3. The number of halogens is 2. The Labute approximate surface area is 240 Å². The molecule has 210 valence electrons. The first-order valence-corrected chi connectivity index (χ1v) is 13.8. The molecule has 2 aliphatic rings. The summed E-state index contributed by atoms with van der Waals surface area (Å²) < 4.78 is 6.87. The maximum absolute atomic E-state index is 12.0. The van der Waals surface area contributed by atoms with E-state index in [2.05, 4.69) is 15.6 Å². The van der Waals surface area contributed by atoms with Crippen LogP contribution >= 0.6 is 23.2 Å². The van der Waals surface area contributed by atoms with Crippen molar-refractivity contribution in [1.29, 1.82) is 5.26 Å². The standard InChI is InChI=1S/C26H29Cl2N9O3/c1-40-26(39)36-8-2-3-16(13-36)32-24-31-12-20-23(35-24)37(17-6-4-15(5-7-17)22(30)38)25(33-20)34-21-18(27)9-14(11-29)10-19(21)28/h9-10,12,15-17H,2-8,13H2,1H3,(H2,30,38)(H,33,34)(H,31,32,35)/t15-,16-,17-/m1/s1. The molecule has 14 heteroatoms. The minimum atomic E-state index is -0.358. The van der Waals surface area contributed by atoms with Gasteiger partial charge in [0.1, 0.15) is 5.52 Å². The van der Waals surface area contributed by atoms with Crippen molar-refractivity contribution in [2.75, 3.05) is 30.8 Å². The fourth-order valence-corrected chi connectivity index (χ4v) is 6.04. The number of carbonyl (C=O) groups is 2. The van der Waals surface area contributed by atoms with Crippen molar-refractivity contribution in [2.24, 2.45) is 11.7 Å². The maximum Gasteiger partial charge on any atom is 0.409 e. The molecule has 3 aromatic rings. The third-order valence-electron chi connectivity index (χ3n) is 7.49. The Morgan fingerprint density at radius 3 is 2.52 bits per heavy atom. The highest BCUT2D eigenvalue weighted by atomic mass is 35.5. The van der Waals surface area contributed by atoms with Crippen molar-refractivity contribution in [3.8, 4) is 6.07 Å². The Hall–Kier alpha value is -3.82. The number of benzene rings is 1. The molecule has 2 aromatic heterocycles. The fraction of sp³-hybridized carbons (Fsp3) is 0.462. The van der Waals surface area contributed by atoms with Gasteiger partial charge in [0.15, 0.2) is 5.65 Å². The number of piperidine rings is 1. The summed E-state index contributed by atoms with van der Waals surface area (Å²) in [6, 6.07) is 5.04. The molecule has 40 heavy (non-hydrogen) atoms. The topological polar surface area (TPSA) is 164 Å². The van der Waals surface area contributed by atoms with Gasteiger partial charge >= 0.3 is 6.09 Å². The van der Waals surface area contributed by atoms with Gasteiger partial charge in [-0.3, -0.25) is 9.36 Å². The van der Waals surface area contributed by atoms with Crippen molar-refractivity contribution in [1.82, 2.24) is 24.4 Å². The molecule has 2 fully saturated rings. The summed E-state index contributed by atoms with van der Waals surface area (Å²) in [5.41, 5.74) is 7.49. The number of hydrogen-bond donors (Lipinski definition) is 3. The molecule has 1 saturated heterocycles. The highest BCUT2D eigenvalue weighted by Crippen LogP contribution is 2.39. The van der Waals surface area contributed by atoms with Gasteiger partial charge in [-0.2, -0.15) is 10.2 Å². The summed E-state index contributed by atoms with van der Waals surface area (Å²) in [5.74, 6) is 0.427.